The van der Waals surface area contributed by atoms with Gasteiger partial charge in [0.1, 0.15) is 0 Å². The van der Waals surface area contributed by atoms with Gasteiger partial charge < -0.3 is 10.2 Å². The molecule has 0 aromatic carbocycles. The van der Waals surface area contributed by atoms with Crippen LogP contribution in [0.2, 0.25) is 0 Å². The normalized spacial score (nSPS) is 17.9. The van der Waals surface area contributed by atoms with Gasteiger partial charge in [0, 0.05) is 43.5 Å². The second-order valence-corrected chi connectivity index (χ2v) is 7.16. The van der Waals surface area contributed by atoms with Crippen molar-refractivity contribution in [3.63, 3.8) is 0 Å². The summed E-state index contributed by atoms with van der Waals surface area (Å²) < 4.78 is 0. The average molecular weight is 353 g/mol. The van der Waals surface area contributed by atoms with Gasteiger partial charge in [0.25, 0.3) is 5.91 Å². The smallest absolute Gasteiger partial charge is 0.274 e. The Morgan fingerprint density at radius 1 is 1.15 bits per heavy atom. The molecule has 7 nitrogen and oxygen atoms in total. The fraction of sp³-hybridized carbons (Fsp3) is 0.474. The van der Waals surface area contributed by atoms with E-state index in [0.29, 0.717) is 37.5 Å². The van der Waals surface area contributed by atoms with Gasteiger partial charge in [-0.05, 0) is 49.8 Å². The van der Waals surface area contributed by atoms with Crippen LogP contribution in [0.4, 0.5) is 0 Å². The van der Waals surface area contributed by atoms with Gasteiger partial charge in [-0.25, -0.2) is 0 Å². The Balaban J connectivity index is 1.32. The van der Waals surface area contributed by atoms with Crippen LogP contribution in [0.15, 0.2) is 30.6 Å². The van der Waals surface area contributed by atoms with E-state index in [1.54, 1.807) is 23.4 Å². The highest BCUT2D eigenvalue weighted by Crippen LogP contribution is 2.28. The first-order valence-corrected chi connectivity index (χ1v) is 9.23. The summed E-state index contributed by atoms with van der Waals surface area (Å²) in [5, 5.41) is 10.1. The SMILES string of the molecule is O=C(NCC1CC1)C1CCN(C(=O)c2cc(-c3ccncc3)[nH]n2)CC1. The van der Waals surface area contributed by atoms with Crippen LogP contribution in [0.5, 0.6) is 0 Å². The van der Waals surface area contributed by atoms with Gasteiger partial charge in [-0.3, -0.25) is 19.7 Å². The molecule has 136 valence electrons. The number of H-pyrrole nitrogens is 1. The summed E-state index contributed by atoms with van der Waals surface area (Å²) in [6, 6.07) is 5.51. The summed E-state index contributed by atoms with van der Waals surface area (Å²) >= 11 is 0. The molecule has 0 bridgehead atoms. The van der Waals surface area contributed by atoms with Crippen LogP contribution < -0.4 is 5.32 Å². The molecule has 2 fully saturated rings. The Hall–Kier alpha value is -2.70. The number of pyridine rings is 1. The molecule has 0 spiro atoms. The van der Waals surface area contributed by atoms with Crippen molar-refractivity contribution >= 4 is 11.8 Å². The molecule has 26 heavy (non-hydrogen) atoms. The van der Waals surface area contributed by atoms with E-state index >= 15 is 0 Å². The van der Waals surface area contributed by atoms with Crippen LogP contribution >= 0.6 is 0 Å². The average Bonchev–Trinajstić information content (AvgIpc) is 3.40. The minimum Gasteiger partial charge on any atom is -0.356 e. The molecule has 2 aliphatic rings. The third kappa shape index (κ3) is 3.76. The molecule has 1 saturated carbocycles. The van der Waals surface area contributed by atoms with Crippen molar-refractivity contribution in [1.29, 1.82) is 0 Å². The Labute approximate surface area is 152 Å². The Kier molecular flexibility index (Phi) is 4.69. The first kappa shape index (κ1) is 16.8. The molecule has 1 aliphatic heterocycles. The van der Waals surface area contributed by atoms with E-state index in [2.05, 4.69) is 20.5 Å². The largest absolute Gasteiger partial charge is 0.356 e. The first-order chi connectivity index (χ1) is 12.7. The second-order valence-electron chi connectivity index (χ2n) is 7.16. The van der Waals surface area contributed by atoms with Crippen molar-refractivity contribution in [2.75, 3.05) is 19.6 Å². The quantitative estimate of drug-likeness (QED) is 0.858. The number of aromatic nitrogens is 3. The number of carbonyl (C=O) groups excluding carboxylic acids is 2. The molecule has 0 atom stereocenters. The number of amides is 2. The lowest BCUT2D eigenvalue weighted by molar-refractivity contribution is -0.126. The summed E-state index contributed by atoms with van der Waals surface area (Å²) in [5.74, 6) is 0.765. The lowest BCUT2D eigenvalue weighted by Crippen LogP contribution is -2.43. The molecule has 2 aromatic rings. The van der Waals surface area contributed by atoms with E-state index < -0.39 is 0 Å². The second kappa shape index (κ2) is 7.27. The summed E-state index contributed by atoms with van der Waals surface area (Å²) in [4.78, 5) is 30.7. The van der Waals surface area contributed by atoms with Gasteiger partial charge in [0.2, 0.25) is 5.91 Å². The van der Waals surface area contributed by atoms with Crippen molar-refractivity contribution in [1.82, 2.24) is 25.4 Å². The van der Waals surface area contributed by atoms with E-state index in [1.165, 1.54) is 12.8 Å². The molecule has 1 saturated heterocycles. The maximum atomic E-state index is 12.7. The third-order valence-electron chi connectivity index (χ3n) is 5.20. The zero-order chi connectivity index (χ0) is 17.9. The van der Waals surface area contributed by atoms with E-state index in [0.717, 1.165) is 17.8 Å². The molecule has 0 unspecified atom stereocenters. The van der Waals surface area contributed by atoms with Gasteiger partial charge in [0.05, 0.1) is 5.69 Å². The van der Waals surface area contributed by atoms with Gasteiger partial charge in [0.15, 0.2) is 5.69 Å². The van der Waals surface area contributed by atoms with Crippen molar-refractivity contribution in [3.05, 3.63) is 36.3 Å². The van der Waals surface area contributed by atoms with E-state index in [9.17, 15) is 9.59 Å². The van der Waals surface area contributed by atoms with Crippen LogP contribution in [0.25, 0.3) is 11.3 Å². The van der Waals surface area contributed by atoms with Gasteiger partial charge in [-0.15, -0.1) is 0 Å². The molecule has 2 amide bonds. The summed E-state index contributed by atoms with van der Waals surface area (Å²) in [5.41, 5.74) is 2.15. The molecule has 2 aromatic heterocycles. The van der Waals surface area contributed by atoms with Gasteiger partial charge in [-0.2, -0.15) is 5.10 Å². The minimum absolute atomic E-state index is 0.0179. The molecule has 0 radical (unpaired) electrons. The molecule has 4 rings (SSSR count). The zero-order valence-electron chi connectivity index (χ0n) is 14.6. The first-order valence-electron chi connectivity index (χ1n) is 9.23. The van der Waals surface area contributed by atoms with Crippen LogP contribution in [0.1, 0.15) is 36.2 Å². The van der Waals surface area contributed by atoms with E-state index in [4.69, 9.17) is 0 Å². The Morgan fingerprint density at radius 2 is 1.88 bits per heavy atom. The predicted octanol–water partition coefficient (Wildman–Crippen LogP) is 1.85. The lowest BCUT2D eigenvalue weighted by Gasteiger charge is -2.30. The van der Waals surface area contributed by atoms with Gasteiger partial charge in [-0.1, -0.05) is 0 Å². The molecule has 3 heterocycles. The number of rotatable bonds is 5. The van der Waals surface area contributed by atoms with Crippen LogP contribution in [0, 0.1) is 11.8 Å². The van der Waals surface area contributed by atoms with Gasteiger partial charge >= 0.3 is 0 Å². The maximum Gasteiger partial charge on any atom is 0.274 e. The van der Waals surface area contributed by atoms with Crippen molar-refractivity contribution < 1.29 is 9.59 Å². The molecular weight excluding hydrogens is 330 g/mol. The highest BCUT2D eigenvalue weighted by atomic mass is 16.2. The molecule has 1 aliphatic carbocycles. The number of nitrogens with one attached hydrogen (secondary N) is 2. The number of carbonyl (C=O) groups is 2. The van der Waals surface area contributed by atoms with Crippen molar-refractivity contribution in [2.45, 2.75) is 25.7 Å². The lowest BCUT2D eigenvalue weighted by atomic mass is 9.95. The standard InChI is InChI=1S/C19H23N5O2/c25-18(21-12-13-1-2-13)15-5-9-24(10-6-15)19(26)17-11-16(22-23-17)14-3-7-20-8-4-14/h3-4,7-8,11,13,15H,1-2,5-6,9-10,12H2,(H,21,25)(H,22,23). The highest BCUT2D eigenvalue weighted by Gasteiger charge is 2.30. The Bertz CT molecular complexity index is 776. The summed E-state index contributed by atoms with van der Waals surface area (Å²) in [6.07, 6.45) is 7.30. The number of aromatic amines is 1. The number of likely N-dealkylation sites (tertiary alicyclic amines) is 1. The molecule has 2 N–H and O–H groups in total. The topological polar surface area (TPSA) is 91.0 Å². The van der Waals surface area contributed by atoms with Crippen molar-refractivity contribution in [3.8, 4) is 11.3 Å². The number of hydrogen-bond acceptors (Lipinski definition) is 4. The van der Waals surface area contributed by atoms with Crippen LogP contribution in [-0.4, -0.2) is 51.5 Å². The van der Waals surface area contributed by atoms with Crippen LogP contribution in [0.3, 0.4) is 0 Å². The molecule has 7 heteroatoms. The maximum absolute atomic E-state index is 12.7. The summed E-state index contributed by atoms with van der Waals surface area (Å²) in [7, 11) is 0. The van der Waals surface area contributed by atoms with Crippen LogP contribution in [-0.2, 0) is 4.79 Å². The number of nitrogens with zero attached hydrogens (tertiary/aromatic N) is 3. The Morgan fingerprint density at radius 3 is 2.58 bits per heavy atom. The third-order valence-corrected chi connectivity index (χ3v) is 5.20. The number of piperidine rings is 1. The number of hydrogen-bond donors (Lipinski definition) is 2. The predicted molar refractivity (Wildman–Crippen MR) is 96.2 cm³/mol. The van der Waals surface area contributed by atoms with Crippen molar-refractivity contribution in [2.24, 2.45) is 11.8 Å². The van der Waals surface area contributed by atoms with E-state index in [1.807, 2.05) is 12.1 Å². The van der Waals surface area contributed by atoms with E-state index in [-0.39, 0.29) is 17.7 Å². The highest BCUT2D eigenvalue weighted by molar-refractivity contribution is 5.93. The zero-order valence-corrected chi connectivity index (χ0v) is 14.6. The summed E-state index contributed by atoms with van der Waals surface area (Å²) in [6.45, 7) is 2.00. The minimum atomic E-state index is -0.0848. The fourth-order valence-corrected chi connectivity index (χ4v) is 3.33. The monoisotopic (exact) mass is 353 g/mol. The molecular formula is C19H23N5O2. The fourth-order valence-electron chi connectivity index (χ4n) is 3.33.